The summed E-state index contributed by atoms with van der Waals surface area (Å²) >= 11 is 0. The van der Waals surface area contributed by atoms with E-state index in [1.165, 1.54) is 6.42 Å². The predicted molar refractivity (Wildman–Crippen MR) is 134 cm³/mol. The Labute approximate surface area is 207 Å². The molecule has 0 radical (unpaired) electrons. The molecule has 2 aliphatic rings. The first-order valence-corrected chi connectivity index (χ1v) is 12.5. The van der Waals surface area contributed by atoms with Crippen molar-refractivity contribution in [1.82, 2.24) is 9.80 Å². The second-order valence-corrected chi connectivity index (χ2v) is 9.61. The van der Waals surface area contributed by atoms with E-state index in [2.05, 4.69) is 0 Å². The summed E-state index contributed by atoms with van der Waals surface area (Å²) in [7, 11) is 3.20. The van der Waals surface area contributed by atoms with Crippen molar-refractivity contribution in [1.29, 1.82) is 0 Å². The number of carbonyl (C=O) groups excluding carboxylic acids is 2. The molecule has 2 fully saturated rings. The van der Waals surface area contributed by atoms with Crippen molar-refractivity contribution >= 4 is 11.8 Å². The molecule has 2 amide bonds. The zero-order valence-electron chi connectivity index (χ0n) is 21.2. The van der Waals surface area contributed by atoms with Crippen LogP contribution < -0.4 is 14.2 Å². The summed E-state index contributed by atoms with van der Waals surface area (Å²) in [5.74, 6) is 1.80. The Morgan fingerprint density at radius 3 is 2.40 bits per heavy atom. The lowest BCUT2D eigenvalue weighted by Crippen LogP contribution is -2.58. The number of amides is 2. The largest absolute Gasteiger partial charge is 0.497 e. The molecule has 7 heteroatoms. The molecule has 1 saturated carbocycles. The summed E-state index contributed by atoms with van der Waals surface area (Å²) in [4.78, 5) is 31.0. The van der Waals surface area contributed by atoms with Gasteiger partial charge < -0.3 is 24.0 Å². The monoisotopic (exact) mass is 480 g/mol. The molecule has 0 spiro atoms. The third-order valence-corrected chi connectivity index (χ3v) is 6.82. The predicted octanol–water partition coefficient (Wildman–Crippen LogP) is 4.74. The van der Waals surface area contributed by atoms with Gasteiger partial charge in [-0.1, -0.05) is 37.5 Å². The third kappa shape index (κ3) is 5.55. The van der Waals surface area contributed by atoms with Gasteiger partial charge in [0.1, 0.15) is 18.3 Å². The summed E-state index contributed by atoms with van der Waals surface area (Å²) in [5.41, 5.74) is 1.63. The average Bonchev–Trinajstić information content (AvgIpc) is 2.87. The third-order valence-electron chi connectivity index (χ3n) is 6.82. The highest BCUT2D eigenvalue weighted by molar-refractivity contribution is 5.96. The minimum absolute atomic E-state index is 0.0148. The van der Waals surface area contributed by atoms with Gasteiger partial charge in [0, 0.05) is 12.6 Å². The summed E-state index contributed by atoms with van der Waals surface area (Å²) in [5, 5.41) is 0. The van der Waals surface area contributed by atoms with Gasteiger partial charge in [0.05, 0.1) is 20.3 Å². The molecule has 7 nitrogen and oxygen atoms in total. The summed E-state index contributed by atoms with van der Waals surface area (Å²) in [6, 6.07) is 12.5. The van der Waals surface area contributed by atoms with Crippen LogP contribution in [0.1, 0.15) is 63.1 Å². The number of hydrogen-bond acceptors (Lipinski definition) is 5. The van der Waals surface area contributed by atoms with E-state index < -0.39 is 6.04 Å². The maximum atomic E-state index is 14.0. The van der Waals surface area contributed by atoms with Crippen LogP contribution in [0, 0.1) is 0 Å². The van der Waals surface area contributed by atoms with Crippen molar-refractivity contribution in [2.45, 2.75) is 70.7 Å². The van der Waals surface area contributed by atoms with Gasteiger partial charge in [-0.15, -0.1) is 0 Å². The first kappa shape index (κ1) is 24.9. The second kappa shape index (κ2) is 11.0. The lowest BCUT2D eigenvalue weighted by molar-refractivity contribution is -0.160. The first-order valence-electron chi connectivity index (χ1n) is 12.5. The Balaban J connectivity index is 1.71. The molecule has 1 heterocycles. The van der Waals surface area contributed by atoms with E-state index in [1.54, 1.807) is 19.1 Å². The minimum atomic E-state index is -0.730. The molecule has 1 saturated heterocycles. The average molecular weight is 481 g/mol. The Bertz CT molecular complexity index is 1050. The van der Waals surface area contributed by atoms with Gasteiger partial charge in [-0.2, -0.15) is 0 Å². The molecule has 1 atom stereocenters. The molecule has 2 aromatic carbocycles. The van der Waals surface area contributed by atoms with E-state index in [4.69, 9.17) is 14.2 Å². The number of rotatable bonds is 8. The zero-order valence-corrected chi connectivity index (χ0v) is 21.2. The standard InChI is InChI=1S/C28H36N2O5/c1-19(2)35-24-14-13-21(16-25(24)34-4)27-28(32)29(22-10-6-5-7-11-22)18-26(31)30(27)17-20-9-8-12-23(15-20)33-3/h8-9,12-16,19,22,27H,5-7,10-11,17-18H2,1-4H3/t27-/m1/s1. The fraction of sp³-hybridized carbons (Fsp3) is 0.500. The fourth-order valence-corrected chi connectivity index (χ4v) is 5.13. The van der Waals surface area contributed by atoms with Crippen LogP contribution in [0.4, 0.5) is 0 Å². The van der Waals surface area contributed by atoms with Crippen molar-refractivity contribution in [2.75, 3.05) is 20.8 Å². The van der Waals surface area contributed by atoms with Gasteiger partial charge in [0.25, 0.3) is 5.91 Å². The first-order chi connectivity index (χ1) is 16.9. The van der Waals surface area contributed by atoms with E-state index in [9.17, 15) is 9.59 Å². The van der Waals surface area contributed by atoms with Gasteiger partial charge in [0.15, 0.2) is 11.5 Å². The molecule has 0 N–H and O–H groups in total. The maximum Gasteiger partial charge on any atom is 0.250 e. The van der Waals surface area contributed by atoms with Gasteiger partial charge in [-0.05, 0) is 62.1 Å². The molecule has 2 aromatic rings. The van der Waals surface area contributed by atoms with Crippen molar-refractivity contribution in [3.05, 3.63) is 53.6 Å². The molecule has 4 rings (SSSR count). The Hall–Kier alpha value is -3.22. The van der Waals surface area contributed by atoms with Crippen molar-refractivity contribution < 1.29 is 23.8 Å². The summed E-state index contributed by atoms with van der Waals surface area (Å²) < 4.78 is 16.8. The number of benzene rings is 2. The van der Waals surface area contributed by atoms with Gasteiger partial charge in [-0.3, -0.25) is 9.59 Å². The smallest absolute Gasteiger partial charge is 0.250 e. The number of methoxy groups -OCH3 is 2. The van der Waals surface area contributed by atoms with E-state index in [0.29, 0.717) is 18.0 Å². The van der Waals surface area contributed by atoms with Crippen molar-refractivity contribution in [2.24, 2.45) is 0 Å². The molecule has 35 heavy (non-hydrogen) atoms. The zero-order chi connectivity index (χ0) is 24.9. The van der Waals surface area contributed by atoms with E-state index in [1.807, 2.05) is 61.2 Å². The van der Waals surface area contributed by atoms with Crippen LogP contribution in [-0.2, 0) is 16.1 Å². The topological polar surface area (TPSA) is 68.3 Å². The van der Waals surface area contributed by atoms with Crippen LogP contribution in [0.5, 0.6) is 17.2 Å². The Morgan fingerprint density at radius 2 is 1.71 bits per heavy atom. The number of nitrogens with zero attached hydrogens (tertiary/aromatic N) is 2. The summed E-state index contributed by atoms with van der Waals surface area (Å²) in [6.45, 7) is 4.34. The molecule has 0 aromatic heterocycles. The highest BCUT2D eigenvalue weighted by atomic mass is 16.5. The molecular formula is C28H36N2O5. The van der Waals surface area contributed by atoms with Crippen molar-refractivity contribution in [3.8, 4) is 17.2 Å². The van der Waals surface area contributed by atoms with Crippen LogP contribution in [0.2, 0.25) is 0 Å². The van der Waals surface area contributed by atoms with Crippen LogP contribution in [0.15, 0.2) is 42.5 Å². The SMILES string of the molecule is COc1cccc(CN2C(=O)CN(C3CCCCC3)C(=O)[C@H]2c2ccc(OC(C)C)c(OC)c2)c1. The lowest BCUT2D eigenvalue weighted by atomic mass is 9.91. The number of ether oxygens (including phenoxy) is 3. The van der Waals surface area contributed by atoms with Gasteiger partial charge in [-0.25, -0.2) is 0 Å². The highest BCUT2D eigenvalue weighted by Crippen LogP contribution is 2.37. The quantitative estimate of drug-likeness (QED) is 0.546. The van der Waals surface area contributed by atoms with Crippen LogP contribution in [-0.4, -0.2) is 54.5 Å². The summed E-state index contributed by atoms with van der Waals surface area (Å²) in [6.07, 6.45) is 5.26. The second-order valence-electron chi connectivity index (χ2n) is 9.61. The minimum Gasteiger partial charge on any atom is -0.497 e. The number of carbonyl (C=O) groups is 2. The van der Waals surface area contributed by atoms with Gasteiger partial charge in [0.2, 0.25) is 5.91 Å². The van der Waals surface area contributed by atoms with Crippen LogP contribution >= 0.6 is 0 Å². The maximum absolute atomic E-state index is 14.0. The molecule has 0 bridgehead atoms. The Morgan fingerprint density at radius 1 is 0.943 bits per heavy atom. The number of hydrogen-bond donors (Lipinski definition) is 0. The normalized spacial score (nSPS) is 19.3. The van der Waals surface area contributed by atoms with E-state index in [-0.39, 0.29) is 30.5 Å². The van der Waals surface area contributed by atoms with Crippen LogP contribution in [0.3, 0.4) is 0 Å². The number of piperazine rings is 1. The van der Waals surface area contributed by atoms with Crippen molar-refractivity contribution in [3.63, 3.8) is 0 Å². The lowest BCUT2D eigenvalue weighted by Gasteiger charge is -2.44. The fourth-order valence-electron chi connectivity index (χ4n) is 5.13. The molecule has 0 unspecified atom stereocenters. The van der Waals surface area contributed by atoms with Crippen LogP contribution in [0.25, 0.3) is 0 Å². The molecule has 1 aliphatic carbocycles. The molecule has 1 aliphatic heterocycles. The highest BCUT2D eigenvalue weighted by Gasteiger charge is 2.43. The van der Waals surface area contributed by atoms with Gasteiger partial charge >= 0.3 is 0 Å². The van der Waals surface area contributed by atoms with E-state index in [0.717, 1.165) is 42.6 Å². The van der Waals surface area contributed by atoms with E-state index >= 15 is 0 Å². The molecular weight excluding hydrogens is 444 g/mol. The Kier molecular flexibility index (Phi) is 7.83. The molecule has 188 valence electrons.